The average Bonchev–Trinajstić information content (AvgIpc) is 1.88. The highest BCUT2D eigenvalue weighted by molar-refractivity contribution is 5.50. The summed E-state index contributed by atoms with van der Waals surface area (Å²) in [6, 6.07) is 0. The zero-order valence-corrected chi connectivity index (χ0v) is 6.05. The largest absolute Gasteiger partial charge is 0.440 e. The quantitative estimate of drug-likeness (QED) is 0.499. The molecule has 0 aromatic rings. The van der Waals surface area contributed by atoms with E-state index >= 15 is 0 Å². The molecular formula is C9H10O-2. The Balaban J connectivity index is 2.77. The van der Waals surface area contributed by atoms with Gasteiger partial charge in [0.05, 0.1) is 0 Å². The molecule has 0 spiro atoms. The minimum absolute atomic E-state index is 0.780. The second-order valence-corrected chi connectivity index (χ2v) is 2.11. The first-order chi connectivity index (χ1) is 4.75. The van der Waals surface area contributed by atoms with Crippen LogP contribution in [0.2, 0.25) is 0 Å². The standard InChI is InChI=1S/C9H10O/c1-7-5-4-6-8(2)9(7)10-3/h4-6H,1-2H2,3H3/q-2. The molecule has 0 aromatic carbocycles. The van der Waals surface area contributed by atoms with Gasteiger partial charge in [0.2, 0.25) is 0 Å². The van der Waals surface area contributed by atoms with Crippen molar-refractivity contribution in [1.29, 1.82) is 0 Å². The van der Waals surface area contributed by atoms with Crippen LogP contribution in [-0.2, 0) is 4.74 Å². The zero-order valence-electron chi connectivity index (χ0n) is 6.05. The minimum Gasteiger partial charge on any atom is -0.440 e. The van der Waals surface area contributed by atoms with Crippen molar-refractivity contribution in [2.45, 2.75) is 0 Å². The lowest BCUT2D eigenvalue weighted by Gasteiger charge is -2.37. The van der Waals surface area contributed by atoms with Crippen LogP contribution in [0.4, 0.5) is 0 Å². The molecule has 1 aliphatic rings. The van der Waals surface area contributed by atoms with Crippen LogP contribution in [0, 0.1) is 12.5 Å². The van der Waals surface area contributed by atoms with Crippen molar-refractivity contribution in [2.75, 3.05) is 7.11 Å². The second-order valence-electron chi connectivity index (χ2n) is 2.11. The van der Waals surface area contributed by atoms with E-state index in [1.54, 1.807) is 7.11 Å². The summed E-state index contributed by atoms with van der Waals surface area (Å²) in [5.41, 5.74) is 1.77. The van der Waals surface area contributed by atoms with E-state index in [9.17, 15) is 0 Å². The second kappa shape index (κ2) is 2.67. The van der Waals surface area contributed by atoms with E-state index in [0.717, 1.165) is 17.3 Å². The molecule has 0 bridgehead atoms. The highest BCUT2D eigenvalue weighted by Gasteiger charge is 1.98. The first kappa shape index (κ1) is 7.03. The van der Waals surface area contributed by atoms with E-state index in [-0.39, 0.29) is 0 Å². The number of ether oxygens (including phenoxy) is 1. The SMILES string of the molecule is C=C1C=C[CH-]C(=C)[C-]1OC. The molecule has 0 N–H and O–H groups in total. The van der Waals surface area contributed by atoms with Gasteiger partial charge in [-0.05, 0) is 0 Å². The summed E-state index contributed by atoms with van der Waals surface area (Å²) in [5, 5.41) is 0. The molecular weight excluding hydrogens is 124 g/mol. The molecule has 0 unspecified atom stereocenters. The Morgan fingerprint density at radius 2 is 2.30 bits per heavy atom. The van der Waals surface area contributed by atoms with Gasteiger partial charge in [-0.2, -0.15) is 5.57 Å². The van der Waals surface area contributed by atoms with Crippen LogP contribution in [0.5, 0.6) is 0 Å². The van der Waals surface area contributed by atoms with Crippen molar-refractivity contribution in [1.82, 2.24) is 0 Å². The van der Waals surface area contributed by atoms with Gasteiger partial charge in [0.25, 0.3) is 0 Å². The van der Waals surface area contributed by atoms with Crippen LogP contribution in [0.3, 0.4) is 0 Å². The maximum Gasteiger partial charge on any atom is 0.0193 e. The van der Waals surface area contributed by atoms with Crippen LogP contribution in [-0.4, -0.2) is 7.11 Å². The summed E-state index contributed by atoms with van der Waals surface area (Å²) in [6.07, 6.45) is 6.48. The Bertz CT molecular complexity index is 189. The maximum atomic E-state index is 5.05. The van der Waals surface area contributed by atoms with Gasteiger partial charge in [-0.1, -0.05) is 6.10 Å². The van der Waals surface area contributed by atoms with Crippen molar-refractivity contribution in [3.05, 3.63) is 49.0 Å². The topological polar surface area (TPSA) is 9.23 Å². The molecule has 0 atom stereocenters. The van der Waals surface area contributed by atoms with E-state index < -0.39 is 0 Å². The molecule has 54 valence electrons. The molecule has 0 aliphatic heterocycles. The molecule has 0 aromatic heterocycles. The minimum atomic E-state index is 0.780. The van der Waals surface area contributed by atoms with Crippen LogP contribution in [0.25, 0.3) is 0 Å². The Labute approximate surface area is 61.7 Å². The Kier molecular flexibility index (Phi) is 1.88. The number of methoxy groups -OCH3 is 1. The van der Waals surface area contributed by atoms with Crippen molar-refractivity contribution in [3.63, 3.8) is 0 Å². The highest BCUT2D eigenvalue weighted by atomic mass is 16.5. The van der Waals surface area contributed by atoms with Crippen LogP contribution < -0.4 is 0 Å². The van der Waals surface area contributed by atoms with Gasteiger partial charge in [0, 0.05) is 7.11 Å². The number of hydrogen-bond donors (Lipinski definition) is 0. The van der Waals surface area contributed by atoms with E-state index in [1.807, 2.05) is 18.6 Å². The third kappa shape index (κ3) is 1.09. The third-order valence-electron chi connectivity index (χ3n) is 1.38. The molecule has 0 saturated heterocycles. The molecule has 0 radical (unpaired) electrons. The first-order valence-corrected chi connectivity index (χ1v) is 3.06. The lowest BCUT2D eigenvalue weighted by Crippen LogP contribution is -2.07. The molecule has 1 nitrogen and oxygen atoms in total. The monoisotopic (exact) mass is 134 g/mol. The van der Waals surface area contributed by atoms with Gasteiger partial charge in [-0.3, -0.25) is 12.2 Å². The van der Waals surface area contributed by atoms with Crippen molar-refractivity contribution >= 4 is 0 Å². The summed E-state index contributed by atoms with van der Waals surface area (Å²) in [4.78, 5) is 0. The normalized spacial score (nSPS) is 17.5. The zero-order chi connectivity index (χ0) is 7.56. The fraction of sp³-hybridized carbons (Fsp3) is 0.111. The van der Waals surface area contributed by atoms with Gasteiger partial charge in [0.1, 0.15) is 0 Å². The van der Waals surface area contributed by atoms with E-state index in [1.165, 1.54) is 0 Å². The average molecular weight is 134 g/mol. The lowest BCUT2D eigenvalue weighted by atomic mass is 9.96. The van der Waals surface area contributed by atoms with Crippen molar-refractivity contribution in [3.8, 4) is 0 Å². The van der Waals surface area contributed by atoms with Crippen LogP contribution in [0.1, 0.15) is 0 Å². The fourth-order valence-electron chi connectivity index (χ4n) is 0.900. The van der Waals surface area contributed by atoms with Gasteiger partial charge < -0.3 is 4.74 Å². The Morgan fingerprint density at radius 3 is 2.70 bits per heavy atom. The molecule has 1 rings (SSSR count). The molecule has 1 heteroatoms. The maximum absolute atomic E-state index is 5.05. The highest BCUT2D eigenvalue weighted by Crippen LogP contribution is 2.28. The summed E-state index contributed by atoms with van der Waals surface area (Å²) < 4.78 is 5.05. The lowest BCUT2D eigenvalue weighted by molar-refractivity contribution is 0.246. The van der Waals surface area contributed by atoms with E-state index in [2.05, 4.69) is 13.2 Å². The van der Waals surface area contributed by atoms with Gasteiger partial charge in [0.15, 0.2) is 0 Å². The van der Waals surface area contributed by atoms with Crippen LogP contribution in [0.15, 0.2) is 36.5 Å². The van der Waals surface area contributed by atoms with Gasteiger partial charge >= 0.3 is 0 Å². The van der Waals surface area contributed by atoms with E-state index in [4.69, 9.17) is 4.74 Å². The fourth-order valence-corrected chi connectivity index (χ4v) is 0.900. The summed E-state index contributed by atoms with van der Waals surface area (Å²) in [6.45, 7) is 7.57. The Morgan fingerprint density at radius 1 is 1.60 bits per heavy atom. The molecule has 0 fully saturated rings. The van der Waals surface area contributed by atoms with Crippen molar-refractivity contribution < 1.29 is 4.74 Å². The van der Waals surface area contributed by atoms with Crippen molar-refractivity contribution in [2.24, 2.45) is 0 Å². The number of hydrogen-bond acceptors (Lipinski definition) is 1. The predicted octanol–water partition coefficient (Wildman–Crippen LogP) is 2.05. The van der Waals surface area contributed by atoms with Crippen LogP contribution >= 0.6 is 0 Å². The van der Waals surface area contributed by atoms with E-state index in [0.29, 0.717) is 0 Å². The molecule has 10 heavy (non-hydrogen) atoms. The molecule has 0 heterocycles. The predicted molar refractivity (Wildman–Crippen MR) is 42.0 cm³/mol. The third-order valence-corrected chi connectivity index (χ3v) is 1.38. The Hall–Kier alpha value is -1.08. The smallest absolute Gasteiger partial charge is 0.0193 e. The molecule has 0 amide bonds. The number of allylic oxidation sites excluding steroid dienone is 1. The van der Waals surface area contributed by atoms with Gasteiger partial charge in [-0.15, -0.1) is 6.58 Å². The molecule has 1 aliphatic carbocycles. The number of rotatable bonds is 1. The van der Waals surface area contributed by atoms with Gasteiger partial charge in [-0.25, -0.2) is 18.6 Å². The summed E-state index contributed by atoms with van der Waals surface area (Å²) >= 11 is 0. The summed E-state index contributed by atoms with van der Waals surface area (Å²) in [5.74, 6) is 0. The first-order valence-electron chi connectivity index (χ1n) is 3.06. The molecule has 0 saturated carbocycles. The summed E-state index contributed by atoms with van der Waals surface area (Å²) in [7, 11) is 1.62.